The molecule has 0 unspecified atom stereocenters. The molecule has 0 aliphatic carbocycles. The fraction of sp³-hybridized carbons (Fsp3) is 0.235. The van der Waals surface area contributed by atoms with Crippen molar-refractivity contribution in [3.8, 4) is 0 Å². The van der Waals surface area contributed by atoms with Gasteiger partial charge in [0, 0.05) is 0 Å². The number of aromatic carboxylic acids is 1. The summed E-state index contributed by atoms with van der Waals surface area (Å²) in [6.45, 7) is 7.19. The van der Waals surface area contributed by atoms with Gasteiger partial charge in [-0.25, -0.2) is 8.42 Å². The van der Waals surface area contributed by atoms with Crippen molar-refractivity contribution in [2.24, 2.45) is 0 Å². The number of nitrogens with one attached hydrogen (secondary N) is 1. The van der Waals surface area contributed by atoms with Gasteiger partial charge in [0.1, 0.15) is 0 Å². The number of benzene rings is 2. The highest BCUT2D eigenvalue weighted by Gasteiger charge is 2.19. The van der Waals surface area contributed by atoms with Crippen molar-refractivity contribution in [2.45, 2.75) is 32.6 Å². The van der Waals surface area contributed by atoms with Crippen LogP contribution in [0.4, 0.5) is 5.69 Å². The first-order valence-electron chi connectivity index (χ1n) is 7.04. The molecule has 122 valence electrons. The topological polar surface area (TPSA) is 86.3 Å². The molecular formula is C17H18NO4S-. The van der Waals surface area contributed by atoms with Crippen molar-refractivity contribution in [1.82, 2.24) is 0 Å². The van der Waals surface area contributed by atoms with Crippen LogP contribution in [0.15, 0.2) is 35.2 Å². The Kier molecular flexibility index (Phi) is 4.47. The number of hydrogen-bond acceptors (Lipinski definition) is 4. The lowest BCUT2D eigenvalue weighted by atomic mass is 10.1. The Morgan fingerprint density at radius 2 is 1.52 bits per heavy atom. The van der Waals surface area contributed by atoms with Gasteiger partial charge in [-0.1, -0.05) is 29.8 Å². The summed E-state index contributed by atoms with van der Waals surface area (Å²) in [6, 6.07) is 7.66. The van der Waals surface area contributed by atoms with Crippen LogP contribution in [0.5, 0.6) is 0 Å². The van der Waals surface area contributed by atoms with Crippen molar-refractivity contribution >= 4 is 21.7 Å². The van der Waals surface area contributed by atoms with Crippen molar-refractivity contribution in [1.29, 1.82) is 0 Å². The van der Waals surface area contributed by atoms with Gasteiger partial charge in [0.05, 0.1) is 16.6 Å². The molecule has 0 saturated heterocycles. The number of hydrogen-bond donors (Lipinski definition) is 1. The second kappa shape index (κ2) is 6.04. The molecule has 2 aromatic carbocycles. The van der Waals surface area contributed by atoms with Gasteiger partial charge in [-0.3, -0.25) is 4.72 Å². The average molecular weight is 332 g/mol. The molecule has 2 rings (SSSR count). The predicted octanol–water partition coefficient (Wildman–Crippen LogP) is 2.08. The van der Waals surface area contributed by atoms with E-state index in [1.807, 2.05) is 32.9 Å². The van der Waals surface area contributed by atoms with Gasteiger partial charge in [-0.05, 0) is 56.0 Å². The highest BCUT2D eigenvalue weighted by molar-refractivity contribution is 7.92. The number of carboxylic acid groups (broad SMARTS) is 1. The normalized spacial score (nSPS) is 11.3. The maximum Gasteiger partial charge on any atom is 0.262 e. The van der Waals surface area contributed by atoms with E-state index in [0.717, 1.165) is 22.8 Å². The van der Waals surface area contributed by atoms with Crippen LogP contribution in [0.1, 0.15) is 32.6 Å². The predicted molar refractivity (Wildman–Crippen MR) is 87.0 cm³/mol. The van der Waals surface area contributed by atoms with Crippen molar-refractivity contribution in [3.05, 3.63) is 58.1 Å². The van der Waals surface area contributed by atoms with Crippen LogP contribution in [-0.4, -0.2) is 14.4 Å². The minimum Gasteiger partial charge on any atom is -0.545 e. The summed E-state index contributed by atoms with van der Waals surface area (Å²) in [5.74, 6) is -1.41. The van der Waals surface area contributed by atoms with Gasteiger partial charge in [-0.15, -0.1) is 0 Å². The van der Waals surface area contributed by atoms with Crippen LogP contribution in [0, 0.1) is 27.7 Å². The smallest absolute Gasteiger partial charge is 0.262 e. The second-order valence-electron chi connectivity index (χ2n) is 5.65. The molecule has 2 aromatic rings. The van der Waals surface area contributed by atoms with Gasteiger partial charge in [0.15, 0.2) is 0 Å². The van der Waals surface area contributed by atoms with E-state index in [0.29, 0.717) is 11.3 Å². The summed E-state index contributed by atoms with van der Waals surface area (Å²) in [5, 5.41) is 11.0. The highest BCUT2D eigenvalue weighted by Crippen LogP contribution is 2.26. The number of rotatable bonds is 4. The average Bonchev–Trinajstić information content (AvgIpc) is 2.42. The SMILES string of the molecule is Cc1cc(C)c(NS(=O)(=O)c2cc(C(=O)[O-])ccc2C)c(C)c1. The summed E-state index contributed by atoms with van der Waals surface area (Å²) in [5.41, 5.74) is 3.45. The van der Waals surface area contributed by atoms with Crippen LogP contribution >= 0.6 is 0 Å². The minimum atomic E-state index is -3.90. The zero-order valence-corrected chi connectivity index (χ0v) is 14.2. The standard InChI is InChI=1S/C17H19NO4S/c1-10-7-12(3)16(13(4)8-10)18-23(21,22)15-9-14(17(19)20)6-5-11(15)2/h5-9,18H,1-4H3,(H,19,20)/p-1. The molecule has 1 N–H and O–H groups in total. The van der Waals surface area contributed by atoms with Crippen molar-refractivity contribution < 1.29 is 18.3 Å². The molecule has 0 amide bonds. The van der Waals surface area contributed by atoms with Crippen LogP contribution in [0.2, 0.25) is 0 Å². The molecule has 6 heteroatoms. The number of carbonyl (C=O) groups is 1. The van der Waals surface area contributed by atoms with E-state index in [1.165, 1.54) is 12.1 Å². The van der Waals surface area contributed by atoms with E-state index in [2.05, 4.69) is 4.72 Å². The number of sulfonamides is 1. The molecule has 0 atom stereocenters. The maximum absolute atomic E-state index is 12.7. The van der Waals surface area contributed by atoms with Gasteiger partial charge in [-0.2, -0.15) is 0 Å². The molecule has 0 spiro atoms. The molecule has 0 bridgehead atoms. The fourth-order valence-electron chi connectivity index (χ4n) is 2.55. The van der Waals surface area contributed by atoms with Gasteiger partial charge in [0.2, 0.25) is 0 Å². The molecule has 0 saturated carbocycles. The number of carbonyl (C=O) groups excluding carboxylic acids is 1. The van der Waals surface area contributed by atoms with Crippen LogP contribution in [0.3, 0.4) is 0 Å². The lowest BCUT2D eigenvalue weighted by molar-refractivity contribution is -0.255. The van der Waals surface area contributed by atoms with E-state index < -0.39 is 16.0 Å². The van der Waals surface area contributed by atoms with Crippen molar-refractivity contribution in [3.63, 3.8) is 0 Å². The van der Waals surface area contributed by atoms with E-state index in [9.17, 15) is 18.3 Å². The molecule has 0 fully saturated rings. The Hall–Kier alpha value is -2.34. The number of carboxylic acids is 1. The van der Waals surface area contributed by atoms with E-state index in [-0.39, 0.29) is 10.5 Å². The zero-order chi connectivity index (χ0) is 17.4. The molecular weight excluding hydrogens is 314 g/mol. The molecule has 5 nitrogen and oxygen atoms in total. The lowest BCUT2D eigenvalue weighted by Crippen LogP contribution is -2.23. The third-order valence-electron chi connectivity index (χ3n) is 3.63. The Balaban J connectivity index is 2.52. The zero-order valence-electron chi connectivity index (χ0n) is 13.4. The summed E-state index contributed by atoms with van der Waals surface area (Å²) in [4.78, 5) is 10.9. The first-order chi connectivity index (χ1) is 10.6. The molecule has 0 aromatic heterocycles. The summed E-state index contributed by atoms with van der Waals surface area (Å²) in [7, 11) is -3.90. The first-order valence-corrected chi connectivity index (χ1v) is 8.53. The quantitative estimate of drug-likeness (QED) is 0.929. The van der Waals surface area contributed by atoms with Crippen molar-refractivity contribution in [2.75, 3.05) is 4.72 Å². The van der Waals surface area contributed by atoms with Crippen LogP contribution < -0.4 is 9.83 Å². The van der Waals surface area contributed by atoms with Gasteiger partial charge >= 0.3 is 0 Å². The van der Waals surface area contributed by atoms with E-state index in [1.54, 1.807) is 6.92 Å². The second-order valence-corrected chi connectivity index (χ2v) is 7.30. The van der Waals surface area contributed by atoms with Crippen LogP contribution in [0.25, 0.3) is 0 Å². The summed E-state index contributed by atoms with van der Waals surface area (Å²) in [6.07, 6.45) is 0. The Bertz CT molecular complexity index is 862. The minimum absolute atomic E-state index is 0.0708. The number of anilines is 1. The third kappa shape index (κ3) is 3.53. The molecule has 0 aliphatic heterocycles. The Morgan fingerprint density at radius 1 is 0.957 bits per heavy atom. The molecule has 0 heterocycles. The van der Waals surface area contributed by atoms with E-state index in [4.69, 9.17) is 0 Å². The van der Waals surface area contributed by atoms with Gasteiger partial charge < -0.3 is 9.90 Å². The fourth-order valence-corrected chi connectivity index (χ4v) is 4.02. The van der Waals surface area contributed by atoms with Crippen LogP contribution in [-0.2, 0) is 10.0 Å². The Labute approximate surface area is 136 Å². The molecule has 0 radical (unpaired) electrons. The maximum atomic E-state index is 12.7. The summed E-state index contributed by atoms with van der Waals surface area (Å²) >= 11 is 0. The lowest BCUT2D eigenvalue weighted by Gasteiger charge is -2.16. The molecule has 0 aliphatic rings. The Morgan fingerprint density at radius 3 is 2.04 bits per heavy atom. The monoisotopic (exact) mass is 332 g/mol. The first kappa shape index (κ1) is 17.0. The molecule has 23 heavy (non-hydrogen) atoms. The third-order valence-corrected chi connectivity index (χ3v) is 5.12. The highest BCUT2D eigenvalue weighted by atomic mass is 32.2. The van der Waals surface area contributed by atoms with E-state index >= 15 is 0 Å². The summed E-state index contributed by atoms with van der Waals surface area (Å²) < 4.78 is 27.9. The van der Waals surface area contributed by atoms with Gasteiger partial charge in [0.25, 0.3) is 10.0 Å². The number of aryl methyl sites for hydroxylation is 4. The largest absolute Gasteiger partial charge is 0.545 e.